The van der Waals surface area contributed by atoms with Gasteiger partial charge in [-0.3, -0.25) is 9.69 Å². The molecule has 1 saturated heterocycles. The first-order valence-corrected chi connectivity index (χ1v) is 9.21. The molecule has 1 heterocycles. The average Bonchev–Trinajstić information content (AvgIpc) is 2.62. The highest BCUT2D eigenvalue weighted by Gasteiger charge is 2.21. The van der Waals surface area contributed by atoms with Gasteiger partial charge in [-0.2, -0.15) is 0 Å². The molecule has 4 nitrogen and oxygen atoms in total. The lowest BCUT2D eigenvalue weighted by Crippen LogP contribution is -2.49. The van der Waals surface area contributed by atoms with Crippen LogP contribution >= 0.6 is 22.6 Å². The normalized spacial score (nSPS) is 15.3. The summed E-state index contributed by atoms with van der Waals surface area (Å²) >= 11 is 2.25. The Kier molecular flexibility index (Phi) is 6.09. The summed E-state index contributed by atoms with van der Waals surface area (Å²) < 4.78 is 6.74. The summed E-state index contributed by atoms with van der Waals surface area (Å²) in [6, 6.07) is 18.2. The van der Waals surface area contributed by atoms with Crippen LogP contribution < -0.4 is 4.74 Å². The minimum Gasteiger partial charge on any atom is -0.484 e. The summed E-state index contributed by atoms with van der Waals surface area (Å²) in [4.78, 5) is 16.6. The Morgan fingerprint density at radius 3 is 2.29 bits per heavy atom. The number of piperazine rings is 1. The van der Waals surface area contributed by atoms with Gasteiger partial charge in [0.15, 0.2) is 6.61 Å². The quantitative estimate of drug-likeness (QED) is 0.676. The predicted molar refractivity (Wildman–Crippen MR) is 103 cm³/mol. The van der Waals surface area contributed by atoms with Gasteiger partial charge in [-0.15, -0.1) is 0 Å². The third kappa shape index (κ3) is 4.95. The molecule has 0 atom stereocenters. The Balaban J connectivity index is 1.42. The second-order valence-electron chi connectivity index (χ2n) is 5.89. The van der Waals surface area contributed by atoms with Gasteiger partial charge in [-0.05, 0) is 52.4 Å². The van der Waals surface area contributed by atoms with Gasteiger partial charge < -0.3 is 9.64 Å². The van der Waals surface area contributed by atoms with E-state index >= 15 is 0 Å². The van der Waals surface area contributed by atoms with Gasteiger partial charge in [0.2, 0.25) is 0 Å². The molecule has 0 N–H and O–H groups in total. The van der Waals surface area contributed by atoms with Crippen molar-refractivity contribution in [2.45, 2.75) is 6.54 Å². The zero-order valence-electron chi connectivity index (χ0n) is 13.5. The number of benzene rings is 2. The van der Waals surface area contributed by atoms with Gasteiger partial charge in [0.1, 0.15) is 5.75 Å². The van der Waals surface area contributed by atoms with Crippen molar-refractivity contribution in [3.05, 3.63) is 63.7 Å². The van der Waals surface area contributed by atoms with Crippen LogP contribution in [-0.2, 0) is 11.3 Å². The molecule has 0 aliphatic carbocycles. The molecule has 1 aliphatic rings. The maximum atomic E-state index is 12.3. The summed E-state index contributed by atoms with van der Waals surface area (Å²) in [6.45, 7) is 4.40. The van der Waals surface area contributed by atoms with Gasteiger partial charge in [-0.25, -0.2) is 0 Å². The number of carbonyl (C=O) groups is 1. The zero-order valence-corrected chi connectivity index (χ0v) is 15.7. The first-order valence-electron chi connectivity index (χ1n) is 8.13. The third-order valence-electron chi connectivity index (χ3n) is 4.15. The molecular formula is C19H21IN2O2. The fourth-order valence-corrected chi connectivity index (χ4v) is 3.12. The molecule has 3 rings (SSSR count). The number of hydrogen-bond donors (Lipinski definition) is 0. The Bertz CT molecular complexity index is 653. The fraction of sp³-hybridized carbons (Fsp3) is 0.316. The molecule has 0 aromatic heterocycles. The summed E-state index contributed by atoms with van der Waals surface area (Å²) in [6.07, 6.45) is 0. The first-order chi connectivity index (χ1) is 11.7. The van der Waals surface area contributed by atoms with Gasteiger partial charge in [0, 0.05) is 36.3 Å². The summed E-state index contributed by atoms with van der Waals surface area (Å²) in [7, 11) is 0. The number of rotatable bonds is 5. The molecule has 0 unspecified atom stereocenters. The van der Waals surface area contributed by atoms with Crippen molar-refractivity contribution >= 4 is 28.5 Å². The lowest BCUT2D eigenvalue weighted by molar-refractivity contribution is -0.135. The van der Waals surface area contributed by atoms with Crippen LogP contribution in [0.25, 0.3) is 0 Å². The predicted octanol–water partition coefficient (Wildman–Crippen LogP) is 3.01. The van der Waals surface area contributed by atoms with Crippen LogP contribution in [0.15, 0.2) is 54.6 Å². The summed E-state index contributed by atoms with van der Waals surface area (Å²) in [5, 5.41) is 0. The third-order valence-corrected chi connectivity index (χ3v) is 4.87. The standard InChI is InChI=1S/C19H21IN2O2/c20-17-6-8-18(9-7-17)24-15-19(23)22-12-10-21(11-13-22)14-16-4-2-1-3-5-16/h1-9H,10-15H2. The molecular weight excluding hydrogens is 415 g/mol. The molecule has 0 saturated carbocycles. The van der Waals surface area contributed by atoms with Crippen LogP contribution in [0.2, 0.25) is 0 Å². The van der Waals surface area contributed by atoms with Gasteiger partial charge in [0.05, 0.1) is 0 Å². The van der Waals surface area contributed by atoms with E-state index in [0.29, 0.717) is 0 Å². The fourth-order valence-electron chi connectivity index (χ4n) is 2.76. The van der Waals surface area contributed by atoms with Crippen LogP contribution in [0.3, 0.4) is 0 Å². The molecule has 24 heavy (non-hydrogen) atoms. The lowest BCUT2D eigenvalue weighted by atomic mass is 10.2. The topological polar surface area (TPSA) is 32.8 Å². The SMILES string of the molecule is O=C(COc1ccc(I)cc1)N1CCN(Cc2ccccc2)CC1. The molecule has 0 spiro atoms. The van der Waals surface area contributed by atoms with Crippen LogP contribution in [0, 0.1) is 3.57 Å². The number of nitrogens with zero attached hydrogens (tertiary/aromatic N) is 2. The molecule has 1 amide bonds. The van der Waals surface area contributed by atoms with Crippen molar-refractivity contribution in [1.29, 1.82) is 0 Å². The summed E-state index contributed by atoms with van der Waals surface area (Å²) in [5.41, 5.74) is 1.32. The molecule has 126 valence electrons. The van der Waals surface area contributed by atoms with Crippen molar-refractivity contribution < 1.29 is 9.53 Å². The van der Waals surface area contributed by atoms with E-state index in [1.165, 1.54) is 5.56 Å². The minimum absolute atomic E-state index is 0.0629. The summed E-state index contributed by atoms with van der Waals surface area (Å²) in [5.74, 6) is 0.805. The molecule has 1 aliphatic heterocycles. The lowest BCUT2D eigenvalue weighted by Gasteiger charge is -2.34. The monoisotopic (exact) mass is 436 g/mol. The second kappa shape index (κ2) is 8.48. The van der Waals surface area contributed by atoms with Crippen molar-refractivity contribution in [2.75, 3.05) is 32.8 Å². The highest BCUT2D eigenvalue weighted by Crippen LogP contribution is 2.14. The highest BCUT2D eigenvalue weighted by molar-refractivity contribution is 14.1. The van der Waals surface area contributed by atoms with Gasteiger partial charge in [-0.1, -0.05) is 30.3 Å². The van der Waals surface area contributed by atoms with E-state index in [4.69, 9.17) is 4.74 Å². The number of carbonyl (C=O) groups excluding carboxylic acids is 1. The Hall–Kier alpha value is -1.60. The number of halogens is 1. The van der Waals surface area contributed by atoms with E-state index in [2.05, 4.69) is 51.8 Å². The van der Waals surface area contributed by atoms with E-state index in [1.54, 1.807) is 0 Å². The molecule has 1 fully saturated rings. The number of ether oxygens (including phenoxy) is 1. The maximum absolute atomic E-state index is 12.3. The molecule has 0 radical (unpaired) electrons. The second-order valence-corrected chi connectivity index (χ2v) is 7.13. The van der Waals surface area contributed by atoms with E-state index in [0.717, 1.165) is 42.0 Å². The molecule has 2 aromatic carbocycles. The van der Waals surface area contributed by atoms with Crippen molar-refractivity contribution in [2.24, 2.45) is 0 Å². The van der Waals surface area contributed by atoms with Crippen molar-refractivity contribution in [3.8, 4) is 5.75 Å². The van der Waals surface area contributed by atoms with Crippen LogP contribution in [-0.4, -0.2) is 48.5 Å². The molecule has 2 aromatic rings. The zero-order chi connectivity index (χ0) is 16.8. The van der Waals surface area contributed by atoms with Gasteiger partial charge >= 0.3 is 0 Å². The smallest absolute Gasteiger partial charge is 0.260 e. The van der Waals surface area contributed by atoms with E-state index in [1.807, 2.05) is 35.2 Å². The van der Waals surface area contributed by atoms with Gasteiger partial charge in [0.25, 0.3) is 5.91 Å². The maximum Gasteiger partial charge on any atom is 0.260 e. The highest BCUT2D eigenvalue weighted by atomic mass is 127. The van der Waals surface area contributed by atoms with E-state index < -0.39 is 0 Å². The van der Waals surface area contributed by atoms with Crippen LogP contribution in [0.5, 0.6) is 5.75 Å². The Morgan fingerprint density at radius 2 is 1.62 bits per heavy atom. The molecule has 5 heteroatoms. The van der Waals surface area contributed by atoms with Crippen LogP contribution in [0.4, 0.5) is 0 Å². The minimum atomic E-state index is 0.0629. The number of hydrogen-bond acceptors (Lipinski definition) is 3. The van der Waals surface area contributed by atoms with E-state index in [-0.39, 0.29) is 12.5 Å². The Labute approximate surface area is 156 Å². The van der Waals surface area contributed by atoms with E-state index in [9.17, 15) is 4.79 Å². The average molecular weight is 436 g/mol. The molecule has 0 bridgehead atoms. The number of amides is 1. The Morgan fingerprint density at radius 1 is 0.958 bits per heavy atom. The van der Waals surface area contributed by atoms with Crippen LogP contribution in [0.1, 0.15) is 5.56 Å². The first kappa shape index (κ1) is 17.2. The largest absolute Gasteiger partial charge is 0.484 e. The van der Waals surface area contributed by atoms with Crippen molar-refractivity contribution in [3.63, 3.8) is 0 Å². The van der Waals surface area contributed by atoms with Crippen molar-refractivity contribution in [1.82, 2.24) is 9.80 Å².